The van der Waals surface area contributed by atoms with Gasteiger partial charge in [0.25, 0.3) is 5.91 Å². The molecule has 0 aliphatic heterocycles. The van der Waals surface area contributed by atoms with Crippen molar-refractivity contribution in [2.24, 2.45) is 7.05 Å². The van der Waals surface area contributed by atoms with E-state index in [9.17, 15) is 18.4 Å². The molecule has 20 heavy (non-hydrogen) atoms. The maximum atomic E-state index is 13.4. The Balaban J connectivity index is 2.31. The van der Waals surface area contributed by atoms with Gasteiger partial charge in [-0.15, -0.1) is 0 Å². The minimum atomic E-state index is -1.38. The van der Waals surface area contributed by atoms with E-state index in [1.807, 2.05) is 0 Å². The van der Waals surface area contributed by atoms with E-state index >= 15 is 0 Å². The Morgan fingerprint density at radius 1 is 1.35 bits per heavy atom. The summed E-state index contributed by atoms with van der Waals surface area (Å²) in [5, 5.41) is 14.7. The van der Waals surface area contributed by atoms with E-state index in [-0.39, 0.29) is 11.3 Å². The molecule has 2 N–H and O–H groups in total. The highest BCUT2D eigenvalue weighted by Gasteiger charge is 2.21. The minimum absolute atomic E-state index is 0.219. The van der Waals surface area contributed by atoms with Crippen LogP contribution < -0.4 is 5.32 Å². The molecular formula is C12H9F2N3O3. The lowest BCUT2D eigenvalue weighted by atomic mass is 10.2. The Bertz CT molecular complexity index is 697. The molecule has 0 saturated carbocycles. The quantitative estimate of drug-likeness (QED) is 0.896. The Morgan fingerprint density at radius 2 is 2.05 bits per heavy atom. The smallest absolute Gasteiger partial charge is 0.357 e. The first-order valence-electron chi connectivity index (χ1n) is 5.42. The van der Waals surface area contributed by atoms with Crippen LogP contribution >= 0.6 is 0 Å². The van der Waals surface area contributed by atoms with Gasteiger partial charge in [0.1, 0.15) is 11.6 Å². The highest BCUT2D eigenvalue weighted by Crippen LogP contribution is 2.17. The van der Waals surface area contributed by atoms with E-state index in [0.717, 1.165) is 16.8 Å². The molecule has 2 rings (SSSR count). The van der Waals surface area contributed by atoms with Crippen LogP contribution in [0.2, 0.25) is 0 Å². The Hall–Kier alpha value is -2.77. The van der Waals surface area contributed by atoms with Crippen molar-refractivity contribution in [1.29, 1.82) is 0 Å². The molecular weight excluding hydrogens is 272 g/mol. The summed E-state index contributed by atoms with van der Waals surface area (Å²) in [6, 6.07) is 2.62. The lowest BCUT2D eigenvalue weighted by Crippen LogP contribution is -2.16. The fraction of sp³-hybridized carbons (Fsp3) is 0.0833. The van der Waals surface area contributed by atoms with Gasteiger partial charge in [-0.3, -0.25) is 9.48 Å². The molecule has 104 valence electrons. The summed E-state index contributed by atoms with van der Waals surface area (Å²) in [5.74, 6) is -3.97. The minimum Gasteiger partial charge on any atom is -0.476 e. The number of aromatic nitrogens is 2. The molecule has 0 aliphatic carbocycles. The maximum Gasteiger partial charge on any atom is 0.357 e. The van der Waals surface area contributed by atoms with Crippen molar-refractivity contribution >= 4 is 17.6 Å². The maximum absolute atomic E-state index is 13.4. The second-order valence-electron chi connectivity index (χ2n) is 3.95. The second-order valence-corrected chi connectivity index (χ2v) is 3.95. The van der Waals surface area contributed by atoms with Crippen molar-refractivity contribution < 1.29 is 23.5 Å². The molecule has 2 aromatic rings. The summed E-state index contributed by atoms with van der Waals surface area (Å²) in [6.45, 7) is 0. The van der Waals surface area contributed by atoms with Crippen LogP contribution in [0.5, 0.6) is 0 Å². The number of carbonyl (C=O) groups is 2. The molecule has 0 unspecified atom stereocenters. The third-order valence-corrected chi connectivity index (χ3v) is 2.46. The number of rotatable bonds is 3. The number of aryl methyl sites for hydroxylation is 1. The number of carboxylic acids is 1. The van der Waals surface area contributed by atoms with Gasteiger partial charge in [0.2, 0.25) is 0 Å². The van der Waals surface area contributed by atoms with E-state index in [0.29, 0.717) is 6.07 Å². The molecule has 6 nitrogen and oxygen atoms in total. The molecule has 1 aromatic heterocycles. The van der Waals surface area contributed by atoms with Gasteiger partial charge in [-0.1, -0.05) is 0 Å². The van der Waals surface area contributed by atoms with Crippen molar-refractivity contribution in [3.05, 3.63) is 47.3 Å². The monoisotopic (exact) mass is 281 g/mol. The first-order valence-corrected chi connectivity index (χ1v) is 5.42. The highest BCUT2D eigenvalue weighted by molar-refractivity contribution is 6.09. The van der Waals surface area contributed by atoms with Gasteiger partial charge in [0.05, 0.1) is 11.3 Å². The van der Waals surface area contributed by atoms with E-state index in [2.05, 4.69) is 10.4 Å². The van der Waals surface area contributed by atoms with Crippen molar-refractivity contribution in [2.45, 2.75) is 0 Å². The van der Waals surface area contributed by atoms with Gasteiger partial charge in [0.15, 0.2) is 5.69 Å². The van der Waals surface area contributed by atoms with Crippen LogP contribution in [0.1, 0.15) is 20.8 Å². The predicted octanol–water partition coefficient (Wildman–Crippen LogP) is 1.65. The molecule has 0 aliphatic rings. The molecule has 0 saturated heterocycles. The number of carboxylic acid groups (broad SMARTS) is 1. The van der Waals surface area contributed by atoms with Gasteiger partial charge in [0, 0.05) is 19.3 Å². The summed E-state index contributed by atoms with van der Waals surface area (Å²) in [5.41, 5.74) is -0.923. The first kappa shape index (κ1) is 13.7. The van der Waals surface area contributed by atoms with Crippen LogP contribution in [-0.2, 0) is 7.05 Å². The van der Waals surface area contributed by atoms with E-state index < -0.39 is 29.2 Å². The van der Waals surface area contributed by atoms with Crippen LogP contribution in [0.25, 0.3) is 0 Å². The average molecular weight is 281 g/mol. The number of nitrogens with one attached hydrogen (secondary N) is 1. The molecule has 1 aromatic carbocycles. The number of amides is 1. The number of nitrogens with zero attached hydrogens (tertiary/aromatic N) is 2. The first-order chi connectivity index (χ1) is 9.38. The summed E-state index contributed by atoms with van der Waals surface area (Å²) >= 11 is 0. The van der Waals surface area contributed by atoms with Gasteiger partial charge in [-0.2, -0.15) is 5.10 Å². The standard InChI is InChI=1S/C12H9F2N3O3/c1-17-5-7(10(16-17)12(19)20)11(18)15-9-3-2-6(13)4-8(9)14/h2-5H,1H3,(H,15,18)(H,19,20). The zero-order chi connectivity index (χ0) is 14.9. The molecule has 0 bridgehead atoms. The number of anilines is 1. The summed E-state index contributed by atoms with van der Waals surface area (Å²) in [6.07, 6.45) is 1.19. The number of aromatic carboxylic acids is 1. The van der Waals surface area contributed by atoms with Crippen LogP contribution in [0.3, 0.4) is 0 Å². The fourth-order valence-electron chi connectivity index (χ4n) is 1.59. The Kier molecular flexibility index (Phi) is 3.47. The van der Waals surface area contributed by atoms with E-state index in [1.54, 1.807) is 0 Å². The fourth-order valence-corrected chi connectivity index (χ4v) is 1.59. The van der Waals surface area contributed by atoms with Crippen molar-refractivity contribution in [3.63, 3.8) is 0 Å². The summed E-state index contributed by atoms with van der Waals surface area (Å²) in [7, 11) is 1.45. The lowest BCUT2D eigenvalue weighted by molar-refractivity contribution is 0.0685. The zero-order valence-corrected chi connectivity index (χ0v) is 10.2. The molecule has 0 spiro atoms. The van der Waals surface area contributed by atoms with Crippen LogP contribution in [0.15, 0.2) is 24.4 Å². The molecule has 0 fully saturated rings. The van der Waals surface area contributed by atoms with Crippen LogP contribution in [0, 0.1) is 11.6 Å². The number of hydrogen-bond donors (Lipinski definition) is 2. The third kappa shape index (κ3) is 2.63. The van der Waals surface area contributed by atoms with Crippen molar-refractivity contribution in [3.8, 4) is 0 Å². The van der Waals surface area contributed by atoms with Crippen LogP contribution in [0.4, 0.5) is 14.5 Å². The largest absolute Gasteiger partial charge is 0.476 e. The summed E-state index contributed by atoms with van der Waals surface area (Å²) < 4.78 is 27.3. The van der Waals surface area contributed by atoms with E-state index in [1.165, 1.54) is 13.2 Å². The number of carbonyl (C=O) groups excluding carboxylic acids is 1. The summed E-state index contributed by atoms with van der Waals surface area (Å²) in [4.78, 5) is 22.8. The molecule has 8 heteroatoms. The molecule has 1 amide bonds. The number of hydrogen-bond acceptors (Lipinski definition) is 3. The van der Waals surface area contributed by atoms with Gasteiger partial charge < -0.3 is 10.4 Å². The van der Waals surface area contributed by atoms with Crippen molar-refractivity contribution in [1.82, 2.24) is 9.78 Å². The third-order valence-electron chi connectivity index (χ3n) is 2.46. The average Bonchev–Trinajstić information content (AvgIpc) is 2.75. The van der Waals surface area contributed by atoms with Crippen LogP contribution in [-0.4, -0.2) is 26.8 Å². The predicted molar refractivity (Wildman–Crippen MR) is 64.5 cm³/mol. The van der Waals surface area contributed by atoms with Crippen molar-refractivity contribution in [2.75, 3.05) is 5.32 Å². The SMILES string of the molecule is Cn1cc(C(=O)Nc2ccc(F)cc2F)c(C(=O)O)n1. The Labute approximate surface area is 111 Å². The highest BCUT2D eigenvalue weighted by atomic mass is 19.1. The molecule has 1 heterocycles. The number of benzene rings is 1. The van der Waals surface area contributed by atoms with Gasteiger partial charge in [-0.05, 0) is 12.1 Å². The molecule has 0 radical (unpaired) electrons. The normalized spacial score (nSPS) is 10.3. The van der Waals surface area contributed by atoms with E-state index in [4.69, 9.17) is 5.11 Å². The Morgan fingerprint density at radius 3 is 2.65 bits per heavy atom. The van der Waals surface area contributed by atoms with Gasteiger partial charge >= 0.3 is 5.97 Å². The second kappa shape index (κ2) is 5.08. The molecule has 0 atom stereocenters. The topological polar surface area (TPSA) is 84.2 Å². The lowest BCUT2D eigenvalue weighted by Gasteiger charge is -2.05. The number of halogens is 2. The van der Waals surface area contributed by atoms with Gasteiger partial charge in [-0.25, -0.2) is 13.6 Å². The zero-order valence-electron chi connectivity index (χ0n) is 10.2.